The normalized spacial score (nSPS) is 31.8. The first kappa shape index (κ1) is 14.6. The number of rotatable bonds is 5. The molecule has 1 aromatic rings. The van der Waals surface area contributed by atoms with Crippen molar-refractivity contribution >= 4 is 11.3 Å². The molecule has 2 nitrogen and oxygen atoms in total. The average Bonchev–Trinajstić information content (AvgIpc) is 3.11. The van der Waals surface area contributed by atoms with Gasteiger partial charge in [0.1, 0.15) is 0 Å². The van der Waals surface area contributed by atoms with Crippen molar-refractivity contribution in [2.75, 3.05) is 19.7 Å². The van der Waals surface area contributed by atoms with Crippen molar-refractivity contribution in [2.24, 2.45) is 5.92 Å². The van der Waals surface area contributed by atoms with Crippen LogP contribution in [0.2, 0.25) is 0 Å². The first-order valence-electron chi connectivity index (χ1n) is 8.22. The first-order valence-corrected chi connectivity index (χ1v) is 9.16. The zero-order valence-electron chi connectivity index (χ0n) is 12.6. The molecule has 1 saturated carbocycles. The highest BCUT2D eigenvalue weighted by molar-refractivity contribution is 7.07. The van der Waals surface area contributed by atoms with E-state index in [2.05, 4.69) is 28.7 Å². The standard InChI is InChI=1S/C17H27NOS/c1-14-5-2-3-7-17(14)19-11-10-18-9-4-6-16(18)15-8-12-20-13-15/h8,12-14,16-17H,2-7,9-11H2,1H3. The van der Waals surface area contributed by atoms with Gasteiger partial charge >= 0.3 is 0 Å². The van der Waals surface area contributed by atoms with Crippen molar-refractivity contribution < 1.29 is 4.74 Å². The van der Waals surface area contributed by atoms with E-state index in [0.717, 1.165) is 19.1 Å². The van der Waals surface area contributed by atoms with Crippen molar-refractivity contribution in [3.8, 4) is 0 Å². The second-order valence-corrected chi connectivity index (χ2v) is 7.20. The topological polar surface area (TPSA) is 12.5 Å². The Kier molecular flexibility index (Phi) is 5.14. The van der Waals surface area contributed by atoms with Gasteiger partial charge < -0.3 is 4.74 Å². The van der Waals surface area contributed by atoms with E-state index in [9.17, 15) is 0 Å². The molecule has 3 rings (SSSR count). The van der Waals surface area contributed by atoms with Crippen LogP contribution in [0, 0.1) is 5.92 Å². The molecule has 0 spiro atoms. The van der Waals surface area contributed by atoms with Crippen molar-refractivity contribution in [3.63, 3.8) is 0 Å². The SMILES string of the molecule is CC1CCCCC1OCCN1CCCC1c1ccsc1. The van der Waals surface area contributed by atoms with Crippen LogP contribution in [0.3, 0.4) is 0 Å². The van der Waals surface area contributed by atoms with Crippen LogP contribution >= 0.6 is 11.3 Å². The van der Waals surface area contributed by atoms with Gasteiger partial charge in [0.25, 0.3) is 0 Å². The van der Waals surface area contributed by atoms with E-state index < -0.39 is 0 Å². The molecule has 3 atom stereocenters. The third-order valence-corrected chi connectivity index (χ3v) is 5.74. The predicted molar refractivity (Wildman–Crippen MR) is 85.2 cm³/mol. The number of hydrogen-bond donors (Lipinski definition) is 0. The van der Waals surface area contributed by atoms with Crippen molar-refractivity contribution in [1.82, 2.24) is 4.90 Å². The van der Waals surface area contributed by atoms with Gasteiger partial charge in [-0.25, -0.2) is 0 Å². The summed E-state index contributed by atoms with van der Waals surface area (Å²) in [5.41, 5.74) is 1.51. The average molecular weight is 293 g/mol. The van der Waals surface area contributed by atoms with Crippen LogP contribution < -0.4 is 0 Å². The summed E-state index contributed by atoms with van der Waals surface area (Å²) in [4.78, 5) is 2.62. The van der Waals surface area contributed by atoms with Gasteiger partial charge in [-0.3, -0.25) is 4.90 Å². The van der Waals surface area contributed by atoms with E-state index in [1.54, 1.807) is 0 Å². The molecule has 1 aliphatic carbocycles. The molecule has 1 aliphatic heterocycles. The predicted octanol–water partition coefficient (Wildman–Crippen LogP) is 4.48. The van der Waals surface area contributed by atoms with Gasteiger partial charge in [0.05, 0.1) is 12.7 Å². The molecule has 2 aliphatic rings. The highest BCUT2D eigenvalue weighted by Gasteiger charge is 2.27. The van der Waals surface area contributed by atoms with Gasteiger partial charge in [-0.1, -0.05) is 19.8 Å². The summed E-state index contributed by atoms with van der Waals surface area (Å²) in [6.45, 7) is 5.61. The summed E-state index contributed by atoms with van der Waals surface area (Å²) in [6.07, 6.45) is 8.55. The van der Waals surface area contributed by atoms with E-state index in [-0.39, 0.29) is 0 Å². The Morgan fingerprint density at radius 3 is 2.95 bits per heavy atom. The molecule has 3 unspecified atom stereocenters. The van der Waals surface area contributed by atoms with Gasteiger partial charge in [0, 0.05) is 12.6 Å². The highest BCUT2D eigenvalue weighted by atomic mass is 32.1. The van der Waals surface area contributed by atoms with Crippen LogP contribution in [0.5, 0.6) is 0 Å². The quantitative estimate of drug-likeness (QED) is 0.793. The molecule has 1 saturated heterocycles. The van der Waals surface area contributed by atoms with Crippen LogP contribution in [0.4, 0.5) is 0 Å². The monoisotopic (exact) mass is 293 g/mol. The van der Waals surface area contributed by atoms with Crippen molar-refractivity contribution in [3.05, 3.63) is 22.4 Å². The summed E-state index contributed by atoms with van der Waals surface area (Å²) in [5, 5.41) is 4.51. The van der Waals surface area contributed by atoms with Crippen LogP contribution in [0.15, 0.2) is 16.8 Å². The maximum Gasteiger partial charge on any atom is 0.0601 e. The van der Waals surface area contributed by atoms with Crippen LogP contribution in [-0.2, 0) is 4.74 Å². The number of nitrogens with zero attached hydrogens (tertiary/aromatic N) is 1. The Labute approximate surface area is 127 Å². The second-order valence-electron chi connectivity index (χ2n) is 6.42. The summed E-state index contributed by atoms with van der Waals surface area (Å²) >= 11 is 1.82. The summed E-state index contributed by atoms with van der Waals surface area (Å²) in [6, 6.07) is 2.94. The molecule has 0 radical (unpaired) electrons. The van der Waals surface area contributed by atoms with Gasteiger partial charge in [0.15, 0.2) is 0 Å². The van der Waals surface area contributed by atoms with Gasteiger partial charge in [-0.15, -0.1) is 0 Å². The zero-order valence-corrected chi connectivity index (χ0v) is 13.4. The van der Waals surface area contributed by atoms with E-state index >= 15 is 0 Å². The molecule has 0 N–H and O–H groups in total. The molecule has 0 amide bonds. The Hall–Kier alpha value is -0.380. The molecule has 112 valence electrons. The van der Waals surface area contributed by atoms with Gasteiger partial charge in [0.2, 0.25) is 0 Å². The Morgan fingerprint density at radius 1 is 1.25 bits per heavy atom. The zero-order chi connectivity index (χ0) is 13.8. The molecular formula is C17H27NOS. The minimum atomic E-state index is 0.519. The third kappa shape index (κ3) is 3.44. The fourth-order valence-electron chi connectivity index (χ4n) is 3.79. The maximum atomic E-state index is 6.18. The fourth-order valence-corrected chi connectivity index (χ4v) is 4.49. The fraction of sp³-hybridized carbons (Fsp3) is 0.765. The molecule has 1 aromatic heterocycles. The van der Waals surface area contributed by atoms with Crippen molar-refractivity contribution in [2.45, 2.75) is 57.6 Å². The van der Waals surface area contributed by atoms with E-state index in [0.29, 0.717) is 12.1 Å². The lowest BCUT2D eigenvalue weighted by molar-refractivity contribution is -0.0149. The number of thiophene rings is 1. The Bertz CT molecular complexity index is 392. The van der Waals surface area contributed by atoms with E-state index in [1.165, 1.54) is 50.6 Å². The summed E-state index contributed by atoms with van der Waals surface area (Å²) < 4.78 is 6.18. The van der Waals surface area contributed by atoms with E-state index in [1.807, 2.05) is 11.3 Å². The molecule has 2 fully saturated rings. The van der Waals surface area contributed by atoms with Gasteiger partial charge in [-0.05, 0) is 60.5 Å². The minimum absolute atomic E-state index is 0.519. The van der Waals surface area contributed by atoms with Crippen LogP contribution in [0.1, 0.15) is 57.1 Å². The molecular weight excluding hydrogens is 266 g/mol. The van der Waals surface area contributed by atoms with Crippen molar-refractivity contribution in [1.29, 1.82) is 0 Å². The van der Waals surface area contributed by atoms with Crippen LogP contribution in [-0.4, -0.2) is 30.7 Å². The Balaban J connectivity index is 1.45. The largest absolute Gasteiger partial charge is 0.377 e. The summed E-state index contributed by atoms with van der Waals surface area (Å²) in [5.74, 6) is 0.759. The maximum absolute atomic E-state index is 6.18. The lowest BCUT2D eigenvalue weighted by atomic mass is 9.88. The number of ether oxygens (including phenoxy) is 1. The lowest BCUT2D eigenvalue weighted by Gasteiger charge is -2.30. The second kappa shape index (κ2) is 7.06. The molecule has 0 bridgehead atoms. The summed E-state index contributed by atoms with van der Waals surface area (Å²) in [7, 11) is 0. The molecule has 3 heteroatoms. The number of hydrogen-bond acceptors (Lipinski definition) is 3. The highest BCUT2D eigenvalue weighted by Crippen LogP contribution is 2.33. The number of likely N-dealkylation sites (tertiary alicyclic amines) is 1. The minimum Gasteiger partial charge on any atom is -0.377 e. The van der Waals surface area contributed by atoms with Gasteiger partial charge in [-0.2, -0.15) is 11.3 Å². The Morgan fingerprint density at radius 2 is 2.15 bits per heavy atom. The third-order valence-electron chi connectivity index (χ3n) is 5.03. The van der Waals surface area contributed by atoms with Crippen LogP contribution in [0.25, 0.3) is 0 Å². The first-order chi connectivity index (χ1) is 9.84. The smallest absolute Gasteiger partial charge is 0.0601 e. The molecule has 0 aromatic carbocycles. The lowest BCUT2D eigenvalue weighted by Crippen LogP contribution is -2.31. The van der Waals surface area contributed by atoms with E-state index in [4.69, 9.17) is 4.74 Å². The molecule has 20 heavy (non-hydrogen) atoms. The molecule has 2 heterocycles.